The Morgan fingerprint density at radius 2 is 2.00 bits per heavy atom. The van der Waals surface area contributed by atoms with Gasteiger partial charge in [0.1, 0.15) is 0 Å². The van der Waals surface area contributed by atoms with E-state index in [1.807, 2.05) is 0 Å². The van der Waals surface area contributed by atoms with Gasteiger partial charge >= 0.3 is 0 Å². The monoisotopic (exact) mass is 172 g/mol. The molecular weight excluding hydrogens is 156 g/mol. The molecule has 0 amide bonds. The standard InChI is InChI=1S/C9H16O3/c1-12-4-6-2-5-3-7(6)9(11)8(5)10/h5-11H,2-4H2,1H3. The molecule has 5 atom stereocenters. The van der Waals surface area contributed by atoms with Gasteiger partial charge in [0.15, 0.2) is 0 Å². The number of ether oxygens (including phenoxy) is 1. The molecule has 0 aromatic carbocycles. The van der Waals surface area contributed by atoms with Gasteiger partial charge in [-0.1, -0.05) is 0 Å². The quantitative estimate of drug-likeness (QED) is 0.617. The molecule has 2 saturated carbocycles. The van der Waals surface area contributed by atoms with E-state index in [0.717, 1.165) is 19.4 Å². The third-order valence-corrected chi connectivity index (χ3v) is 3.44. The second kappa shape index (κ2) is 2.98. The zero-order valence-corrected chi connectivity index (χ0v) is 7.31. The summed E-state index contributed by atoms with van der Waals surface area (Å²) in [5.74, 6) is 1.08. The summed E-state index contributed by atoms with van der Waals surface area (Å²) in [6.07, 6.45) is 1.04. The van der Waals surface area contributed by atoms with Crippen molar-refractivity contribution in [1.82, 2.24) is 0 Å². The van der Waals surface area contributed by atoms with Crippen LogP contribution in [0.3, 0.4) is 0 Å². The summed E-state index contributed by atoms with van der Waals surface area (Å²) in [6.45, 7) is 0.727. The lowest BCUT2D eigenvalue weighted by molar-refractivity contribution is -0.0455. The smallest absolute Gasteiger partial charge is 0.0833 e. The molecule has 0 aromatic rings. The van der Waals surface area contributed by atoms with E-state index in [9.17, 15) is 10.2 Å². The zero-order valence-electron chi connectivity index (χ0n) is 7.31. The van der Waals surface area contributed by atoms with Crippen LogP contribution in [0.15, 0.2) is 0 Å². The van der Waals surface area contributed by atoms with Crippen molar-refractivity contribution >= 4 is 0 Å². The number of hydrogen-bond donors (Lipinski definition) is 2. The number of aliphatic hydroxyl groups is 2. The van der Waals surface area contributed by atoms with Gasteiger partial charge in [-0.3, -0.25) is 0 Å². The van der Waals surface area contributed by atoms with Crippen molar-refractivity contribution in [2.24, 2.45) is 17.8 Å². The maximum atomic E-state index is 9.58. The molecule has 12 heavy (non-hydrogen) atoms. The molecule has 3 heteroatoms. The Kier molecular flexibility index (Phi) is 2.10. The van der Waals surface area contributed by atoms with Crippen LogP contribution in [0.4, 0.5) is 0 Å². The molecule has 2 aliphatic rings. The van der Waals surface area contributed by atoms with Crippen LogP contribution < -0.4 is 0 Å². The van der Waals surface area contributed by atoms with Gasteiger partial charge in [0.25, 0.3) is 0 Å². The average Bonchev–Trinajstić information content (AvgIpc) is 2.55. The molecule has 3 nitrogen and oxygen atoms in total. The summed E-state index contributed by atoms with van der Waals surface area (Å²) in [6, 6.07) is 0. The molecule has 2 aliphatic carbocycles. The van der Waals surface area contributed by atoms with Gasteiger partial charge in [0.05, 0.1) is 12.2 Å². The second-order valence-electron chi connectivity index (χ2n) is 4.09. The van der Waals surface area contributed by atoms with Crippen LogP contribution in [0.5, 0.6) is 0 Å². The van der Waals surface area contributed by atoms with Crippen LogP contribution >= 0.6 is 0 Å². The predicted molar refractivity (Wildman–Crippen MR) is 43.6 cm³/mol. The van der Waals surface area contributed by atoms with Crippen molar-refractivity contribution in [3.8, 4) is 0 Å². The summed E-state index contributed by atoms with van der Waals surface area (Å²) in [7, 11) is 1.69. The normalized spacial score (nSPS) is 51.8. The first-order chi connectivity index (χ1) is 5.74. The maximum absolute atomic E-state index is 9.58. The third-order valence-electron chi connectivity index (χ3n) is 3.44. The molecule has 0 heterocycles. The largest absolute Gasteiger partial charge is 0.390 e. The highest BCUT2D eigenvalue weighted by atomic mass is 16.5. The Balaban J connectivity index is 2.00. The number of fused-ring (bicyclic) bond motifs is 2. The van der Waals surface area contributed by atoms with Gasteiger partial charge in [-0.05, 0) is 30.6 Å². The minimum Gasteiger partial charge on any atom is -0.390 e. The van der Waals surface area contributed by atoms with Gasteiger partial charge < -0.3 is 14.9 Å². The Morgan fingerprint density at radius 3 is 2.50 bits per heavy atom. The fourth-order valence-corrected chi connectivity index (χ4v) is 2.84. The first kappa shape index (κ1) is 8.48. The maximum Gasteiger partial charge on any atom is 0.0833 e. The third kappa shape index (κ3) is 1.08. The van der Waals surface area contributed by atoms with E-state index in [0.29, 0.717) is 11.8 Å². The Hall–Kier alpha value is -0.120. The lowest BCUT2D eigenvalue weighted by atomic mass is 9.86. The number of hydrogen-bond acceptors (Lipinski definition) is 3. The molecule has 70 valence electrons. The molecule has 2 bridgehead atoms. The fourth-order valence-electron chi connectivity index (χ4n) is 2.84. The molecule has 0 aliphatic heterocycles. The van der Waals surface area contributed by atoms with Crippen LogP contribution in [0, 0.1) is 17.8 Å². The van der Waals surface area contributed by atoms with Gasteiger partial charge in [-0.15, -0.1) is 0 Å². The summed E-state index contributed by atoms with van der Waals surface area (Å²) in [4.78, 5) is 0. The van der Waals surface area contributed by atoms with Crippen molar-refractivity contribution in [1.29, 1.82) is 0 Å². The van der Waals surface area contributed by atoms with Crippen LogP contribution in [0.2, 0.25) is 0 Å². The molecule has 0 spiro atoms. The molecular formula is C9H16O3. The van der Waals surface area contributed by atoms with Crippen LogP contribution in [0.25, 0.3) is 0 Å². The first-order valence-electron chi connectivity index (χ1n) is 4.59. The number of methoxy groups -OCH3 is 1. The van der Waals surface area contributed by atoms with Gasteiger partial charge in [-0.25, -0.2) is 0 Å². The summed E-state index contributed by atoms with van der Waals surface area (Å²) in [5.41, 5.74) is 0. The predicted octanol–water partition coefficient (Wildman–Crippen LogP) is 0.0106. The molecule has 5 unspecified atom stereocenters. The van der Waals surface area contributed by atoms with Crippen molar-refractivity contribution in [2.75, 3.05) is 13.7 Å². The highest BCUT2D eigenvalue weighted by Crippen LogP contribution is 2.48. The lowest BCUT2D eigenvalue weighted by Crippen LogP contribution is -2.37. The fraction of sp³-hybridized carbons (Fsp3) is 1.00. The van der Waals surface area contributed by atoms with Gasteiger partial charge in [0, 0.05) is 13.7 Å². The molecule has 0 radical (unpaired) electrons. The summed E-state index contributed by atoms with van der Waals surface area (Å²) >= 11 is 0. The van der Waals surface area contributed by atoms with E-state index in [1.165, 1.54) is 0 Å². The SMILES string of the molecule is COCC1CC2CC1C(O)C2O. The number of aliphatic hydroxyl groups excluding tert-OH is 2. The van der Waals surface area contributed by atoms with E-state index in [4.69, 9.17) is 4.74 Å². The van der Waals surface area contributed by atoms with Crippen molar-refractivity contribution < 1.29 is 14.9 Å². The first-order valence-corrected chi connectivity index (χ1v) is 4.59. The molecule has 2 rings (SSSR count). The summed E-state index contributed by atoms with van der Waals surface area (Å²) in [5, 5.41) is 19.1. The Bertz CT molecular complexity index is 169. The molecule has 0 saturated heterocycles. The highest BCUT2D eigenvalue weighted by molar-refractivity contribution is 5.01. The van der Waals surface area contributed by atoms with Crippen LogP contribution in [-0.4, -0.2) is 36.1 Å². The van der Waals surface area contributed by atoms with E-state index >= 15 is 0 Å². The van der Waals surface area contributed by atoms with Gasteiger partial charge in [-0.2, -0.15) is 0 Å². The lowest BCUT2D eigenvalue weighted by Gasteiger charge is -2.29. The van der Waals surface area contributed by atoms with Crippen LogP contribution in [0.1, 0.15) is 12.8 Å². The molecule has 2 N–H and O–H groups in total. The second-order valence-corrected chi connectivity index (χ2v) is 4.09. The van der Waals surface area contributed by atoms with Gasteiger partial charge in [0.2, 0.25) is 0 Å². The van der Waals surface area contributed by atoms with E-state index < -0.39 is 12.2 Å². The van der Waals surface area contributed by atoms with Crippen molar-refractivity contribution in [3.63, 3.8) is 0 Å². The van der Waals surface area contributed by atoms with E-state index in [2.05, 4.69) is 0 Å². The Morgan fingerprint density at radius 1 is 1.25 bits per heavy atom. The number of rotatable bonds is 2. The Labute approximate surface area is 72.3 Å². The molecule has 2 fully saturated rings. The molecule has 0 aromatic heterocycles. The van der Waals surface area contributed by atoms with E-state index in [1.54, 1.807) is 7.11 Å². The minimum absolute atomic E-state index is 0.282. The van der Waals surface area contributed by atoms with Crippen molar-refractivity contribution in [2.45, 2.75) is 25.0 Å². The zero-order chi connectivity index (χ0) is 8.72. The topological polar surface area (TPSA) is 49.7 Å². The minimum atomic E-state index is -0.496. The highest BCUT2D eigenvalue weighted by Gasteiger charge is 2.51. The van der Waals surface area contributed by atoms with E-state index in [-0.39, 0.29) is 5.92 Å². The van der Waals surface area contributed by atoms with Crippen molar-refractivity contribution in [3.05, 3.63) is 0 Å². The summed E-state index contributed by atoms with van der Waals surface area (Å²) < 4.78 is 5.07. The average molecular weight is 172 g/mol. The van der Waals surface area contributed by atoms with Crippen LogP contribution in [-0.2, 0) is 4.74 Å².